The van der Waals surface area contributed by atoms with Gasteiger partial charge in [-0.25, -0.2) is 13.8 Å². The van der Waals surface area contributed by atoms with Crippen LogP contribution in [-0.2, 0) is 20.2 Å². The summed E-state index contributed by atoms with van der Waals surface area (Å²) < 4.78 is 26.1. The van der Waals surface area contributed by atoms with Crippen LogP contribution in [0.5, 0.6) is 0 Å². The lowest BCUT2D eigenvalue weighted by Gasteiger charge is -2.21. The average molecular weight is 480 g/mol. The zero-order valence-electron chi connectivity index (χ0n) is 17.2. The number of sulfonamides is 1. The van der Waals surface area contributed by atoms with E-state index in [4.69, 9.17) is 0 Å². The summed E-state index contributed by atoms with van der Waals surface area (Å²) >= 11 is 3.31. The van der Waals surface area contributed by atoms with Gasteiger partial charge >= 0.3 is 0 Å². The molecule has 0 aromatic heterocycles. The molecular formula is C21H26BrN3O3S. The SMILES string of the molecule is C/C(=N/NC(=O)CN(c1ccc(Br)cc1)S(C)(=O)=O)c1ccc(C(C)(C)C)cc1. The molecule has 0 radical (unpaired) electrons. The van der Waals surface area contributed by atoms with Crippen molar-refractivity contribution >= 4 is 43.3 Å². The minimum atomic E-state index is -3.63. The van der Waals surface area contributed by atoms with Gasteiger partial charge in [-0.3, -0.25) is 9.10 Å². The second-order valence-electron chi connectivity index (χ2n) is 7.81. The van der Waals surface area contributed by atoms with Crippen LogP contribution < -0.4 is 9.73 Å². The van der Waals surface area contributed by atoms with E-state index in [1.54, 1.807) is 31.2 Å². The van der Waals surface area contributed by atoms with Gasteiger partial charge in [0, 0.05) is 4.47 Å². The summed E-state index contributed by atoms with van der Waals surface area (Å²) in [7, 11) is -3.63. The molecule has 0 bridgehead atoms. The Labute approximate surface area is 181 Å². The van der Waals surface area contributed by atoms with Gasteiger partial charge in [-0.2, -0.15) is 5.10 Å². The highest BCUT2D eigenvalue weighted by atomic mass is 79.9. The van der Waals surface area contributed by atoms with E-state index in [0.717, 1.165) is 20.6 Å². The number of anilines is 1. The van der Waals surface area contributed by atoms with Crippen molar-refractivity contribution < 1.29 is 13.2 Å². The Morgan fingerprint density at radius 1 is 1.07 bits per heavy atom. The molecule has 29 heavy (non-hydrogen) atoms. The second-order valence-corrected chi connectivity index (χ2v) is 10.6. The molecule has 0 aliphatic rings. The molecule has 0 saturated heterocycles. The van der Waals surface area contributed by atoms with Gasteiger partial charge in [0.2, 0.25) is 10.0 Å². The lowest BCUT2D eigenvalue weighted by Crippen LogP contribution is -2.39. The number of amides is 1. The zero-order valence-corrected chi connectivity index (χ0v) is 19.6. The van der Waals surface area contributed by atoms with E-state index in [2.05, 4.69) is 47.2 Å². The fraction of sp³-hybridized carbons (Fsp3) is 0.333. The first kappa shape index (κ1) is 23.1. The summed E-state index contributed by atoms with van der Waals surface area (Å²) in [4.78, 5) is 12.3. The summed E-state index contributed by atoms with van der Waals surface area (Å²) in [5.74, 6) is -0.524. The largest absolute Gasteiger partial charge is 0.271 e. The molecule has 0 atom stereocenters. The smallest absolute Gasteiger partial charge is 0.260 e. The van der Waals surface area contributed by atoms with E-state index < -0.39 is 15.9 Å². The Bertz CT molecular complexity index is 993. The fourth-order valence-corrected chi connectivity index (χ4v) is 3.72. The highest BCUT2D eigenvalue weighted by Gasteiger charge is 2.20. The molecule has 1 N–H and O–H groups in total. The Morgan fingerprint density at radius 3 is 2.10 bits per heavy atom. The number of benzene rings is 2. The first-order valence-electron chi connectivity index (χ1n) is 9.05. The van der Waals surface area contributed by atoms with Crippen LogP contribution in [0, 0.1) is 0 Å². The third-order valence-electron chi connectivity index (χ3n) is 4.32. The van der Waals surface area contributed by atoms with Crippen molar-refractivity contribution in [1.29, 1.82) is 0 Å². The average Bonchev–Trinajstić information content (AvgIpc) is 2.63. The van der Waals surface area contributed by atoms with Crippen molar-refractivity contribution in [2.24, 2.45) is 5.10 Å². The quantitative estimate of drug-likeness (QED) is 0.501. The van der Waals surface area contributed by atoms with E-state index >= 15 is 0 Å². The second kappa shape index (κ2) is 9.09. The van der Waals surface area contributed by atoms with E-state index in [1.807, 2.05) is 24.3 Å². The minimum absolute atomic E-state index is 0.0555. The maximum absolute atomic E-state index is 12.3. The first-order valence-corrected chi connectivity index (χ1v) is 11.7. The van der Waals surface area contributed by atoms with E-state index in [0.29, 0.717) is 11.4 Å². The molecule has 0 saturated carbocycles. The van der Waals surface area contributed by atoms with Gasteiger partial charge in [0.1, 0.15) is 6.54 Å². The van der Waals surface area contributed by atoms with Crippen molar-refractivity contribution in [3.63, 3.8) is 0 Å². The summed E-state index contributed by atoms with van der Waals surface area (Å²) in [5, 5.41) is 4.12. The van der Waals surface area contributed by atoms with Crippen LogP contribution in [0.2, 0.25) is 0 Å². The molecule has 156 valence electrons. The zero-order chi connectivity index (χ0) is 21.8. The van der Waals surface area contributed by atoms with Crippen molar-refractivity contribution in [3.8, 4) is 0 Å². The molecule has 0 aliphatic carbocycles. The Morgan fingerprint density at radius 2 is 1.62 bits per heavy atom. The number of carbonyl (C=O) groups is 1. The molecule has 0 heterocycles. The first-order chi connectivity index (χ1) is 13.4. The van der Waals surface area contributed by atoms with E-state index in [-0.39, 0.29) is 12.0 Å². The highest BCUT2D eigenvalue weighted by Crippen LogP contribution is 2.22. The van der Waals surface area contributed by atoms with Gasteiger partial charge in [-0.15, -0.1) is 0 Å². The van der Waals surface area contributed by atoms with Crippen molar-refractivity contribution in [2.75, 3.05) is 17.1 Å². The normalized spacial score (nSPS) is 12.6. The molecule has 1 amide bonds. The third kappa shape index (κ3) is 6.68. The number of nitrogens with zero attached hydrogens (tertiary/aromatic N) is 2. The lowest BCUT2D eigenvalue weighted by molar-refractivity contribution is -0.119. The van der Waals surface area contributed by atoms with Gasteiger partial charge in [-0.1, -0.05) is 61.0 Å². The summed E-state index contributed by atoms with van der Waals surface area (Å²) in [6.45, 7) is 7.85. The van der Waals surface area contributed by atoms with Crippen LogP contribution in [0.4, 0.5) is 5.69 Å². The van der Waals surface area contributed by atoms with Gasteiger partial charge < -0.3 is 0 Å². The van der Waals surface area contributed by atoms with Crippen LogP contribution in [-0.4, -0.2) is 32.8 Å². The molecule has 2 aromatic rings. The molecule has 0 unspecified atom stereocenters. The van der Waals surface area contributed by atoms with Crippen LogP contribution in [0.15, 0.2) is 58.1 Å². The number of nitrogens with one attached hydrogen (secondary N) is 1. The van der Waals surface area contributed by atoms with Crippen LogP contribution in [0.25, 0.3) is 0 Å². The molecule has 8 heteroatoms. The van der Waals surface area contributed by atoms with E-state index in [9.17, 15) is 13.2 Å². The number of hydrogen-bond acceptors (Lipinski definition) is 4. The highest BCUT2D eigenvalue weighted by molar-refractivity contribution is 9.10. The molecular weight excluding hydrogens is 454 g/mol. The number of hydrazone groups is 1. The Hall–Kier alpha value is -2.19. The number of hydrogen-bond donors (Lipinski definition) is 1. The molecule has 2 rings (SSSR count). The summed E-state index contributed by atoms with van der Waals surface area (Å²) in [5.41, 5.74) is 5.62. The standard InChI is InChI=1S/C21H26BrN3O3S/c1-15(16-6-8-17(9-7-16)21(2,3)4)23-24-20(26)14-25(29(5,27)28)19-12-10-18(22)11-13-19/h6-13H,14H2,1-5H3,(H,24,26)/b23-15-. The number of carbonyl (C=O) groups excluding carboxylic acids is 1. The molecule has 0 fully saturated rings. The van der Waals surface area contributed by atoms with Crippen LogP contribution >= 0.6 is 15.9 Å². The predicted octanol–water partition coefficient (Wildman–Crippen LogP) is 4.05. The molecule has 0 spiro atoms. The summed E-state index contributed by atoms with van der Waals surface area (Å²) in [6.07, 6.45) is 1.06. The lowest BCUT2D eigenvalue weighted by atomic mass is 9.86. The maximum Gasteiger partial charge on any atom is 0.260 e. The van der Waals surface area contributed by atoms with E-state index in [1.165, 1.54) is 5.56 Å². The minimum Gasteiger partial charge on any atom is -0.271 e. The third-order valence-corrected chi connectivity index (χ3v) is 5.99. The van der Waals surface area contributed by atoms with Gasteiger partial charge in [-0.05, 0) is 47.7 Å². The Kier molecular flexibility index (Phi) is 7.24. The molecule has 6 nitrogen and oxygen atoms in total. The fourth-order valence-electron chi connectivity index (χ4n) is 2.60. The maximum atomic E-state index is 12.3. The Balaban J connectivity index is 2.10. The van der Waals surface area contributed by atoms with Gasteiger partial charge in [0.15, 0.2) is 0 Å². The monoisotopic (exact) mass is 479 g/mol. The van der Waals surface area contributed by atoms with Gasteiger partial charge in [0.05, 0.1) is 17.7 Å². The number of halogens is 1. The van der Waals surface area contributed by atoms with Crippen LogP contribution in [0.1, 0.15) is 38.8 Å². The topological polar surface area (TPSA) is 78.8 Å². The van der Waals surface area contributed by atoms with Crippen molar-refractivity contribution in [3.05, 3.63) is 64.1 Å². The molecule has 2 aromatic carbocycles. The molecule has 0 aliphatic heterocycles. The van der Waals surface area contributed by atoms with Crippen molar-refractivity contribution in [1.82, 2.24) is 5.43 Å². The van der Waals surface area contributed by atoms with Gasteiger partial charge in [0.25, 0.3) is 5.91 Å². The number of rotatable bonds is 6. The van der Waals surface area contributed by atoms with Crippen molar-refractivity contribution in [2.45, 2.75) is 33.1 Å². The predicted molar refractivity (Wildman–Crippen MR) is 122 cm³/mol. The summed E-state index contributed by atoms with van der Waals surface area (Å²) in [6, 6.07) is 14.7. The van der Waals surface area contributed by atoms with Crippen LogP contribution in [0.3, 0.4) is 0 Å².